The van der Waals surface area contributed by atoms with Crippen LogP contribution in [0.3, 0.4) is 0 Å². The Morgan fingerprint density at radius 1 is 0.914 bits per heavy atom. The van der Waals surface area contributed by atoms with Crippen LogP contribution in [-0.2, 0) is 20.7 Å². The van der Waals surface area contributed by atoms with Gasteiger partial charge in [-0.15, -0.1) is 0 Å². The quantitative estimate of drug-likeness (QED) is 0.120. The normalized spacial score (nSPS) is 10.9. The maximum Gasteiger partial charge on any atom is 0.338 e. The molecule has 4 aromatic rings. The third-order valence-electron chi connectivity index (χ3n) is 5.57. The molecule has 0 spiro atoms. The minimum Gasteiger partial charge on any atom is -0.462 e. The zero-order valence-electron chi connectivity index (χ0n) is 19.7. The lowest BCUT2D eigenvalue weighted by Crippen LogP contribution is -2.07. The molecule has 0 aliphatic rings. The number of esters is 2. The first-order valence-corrected chi connectivity index (χ1v) is 11.2. The first kappa shape index (κ1) is 24.0. The number of aryl methyl sites for hydroxylation is 1. The summed E-state index contributed by atoms with van der Waals surface area (Å²) in [5, 5.41) is 1.36. The van der Waals surface area contributed by atoms with Crippen molar-refractivity contribution in [1.29, 1.82) is 0 Å². The lowest BCUT2D eigenvalue weighted by molar-refractivity contribution is -0.139. The second kappa shape index (κ2) is 9.97. The van der Waals surface area contributed by atoms with Gasteiger partial charge in [0.15, 0.2) is 11.4 Å². The van der Waals surface area contributed by atoms with Crippen LogP contribution in [0.5, 0.6) is 5.75 Å². The van der Waals surface area contributed by atoms with Crippen molar-refractivity contribution >= 4 is 33.9 Å². The number of carbonyl (C=O) groups is 2. The minimum absolute atomic E-state index is 0.143. The average Bonchev–Trinajstić information content (AvgIpc) is 3.21. The predicted octanol–water partition coefficient (Wildman–Crippen LogP) is 6.93. The number of hydrogen-bond donors (Lipinski definition) is 0. The van der Waals surface area contributed by atoms with Crippen LogP contribution in [0.25, 0.3) is 33.1 Å². The molecular formula is C29H25FO5. The molecule has 178 valence electrons. The molecule has 35 heavy (non-hydrogen) atoms. The van der Waals surface area contributed by atoms with E-state index < -0.39 is 11.8 Å². The Morgan fingerprint density at radius 3 is 2.29 bits per heavy atom. The molecule has 0 N–H and O–H groups in total. The molecule has 3 aromatic carbocycles. The van der Waals surface area contributed by atoms with Crippen molar-refractivity contribution in [1.82, 2.24) is 0 Å². The summed E-state index contributed by atoms with van der Waals surface area (Å²) in [6.45, 7) is 10.6. The third kappa shape index (κ3) is 5.17. The fourth-order valence-corrected chi connectivity index (χ4v) is 3.68. The molecule has 0 fully saturated rings. The van der Waals surface area contributed by atoms with Gasteiger partial charge in [-0.05, 0) is 56.0 Å². The number of benzene rings is 3. The molecular weight excluding hydrogens is 447 g/mol. The molecule has 0 atom stereocenters. The van der Waals surface area contributed by atoms with Crippen LogP contribution >= 0.6 is 0 Å². The van der Waals surface area contributed by atoms with Gasteiger partial charge in [0.2, 0.25) is 0 Å². The van der Waals surface area contributed by atoms with Crippen LogP contribution in [0, 0.1) is 5.82 Å². The van der Waals surface area contributed by atoms with E-state index in [9.17, 15) is 9.59 Å². The SMILES string of the molecule is C=C(C)C(=O)OCCCc1ccc(-c2ccc3c(oc4cc(OC(=O)C(=C)C)ccc43)c2F)cc1. The average molecular weight is 473 g/mol. The topological polar surface area (TPSA) is 65.7 Å². The summed E-state index contributed by atoms with van der Waals surface area (Å²) < 4.78 is 31.6. The standard InChI is InChI=1S/C29H25FO5/c1-17(2)28(31)33-15-5-6-19-7-9-20(10-8-19)22-13-14-24-23-12-11-21(34-29(32)18(3)4)16-25(23)35-27(24)26(22)30/h7-14,16H,1,3,5-6,15H2,2,4H3. The van der Waals surface area contributed by atoms with Crippen molar-refractivity contribution < 1.29 is 27.9 Å². The highest BCUT2D eigenvalue weighted by molar-refractivity contribution is 6.06. The molecule has 5 nitrogen and oxygen atoms in total. The number of carbonyl (C=O) groups excluding carboxylic acids is 2. The van der Waals surface area contributed by atoms with Gasteiger partial charge in [0.1, 0.15) is 11.3 Å². The van der Waals surface area contributed by atoms with Crippen molar-refractivity contribution in [3.05, 3.63) is 90.3 Å². The van der Waals surface area contributed by atoms with E-state index >= 15 is 4.39 Å². The van der Waals surface area contributed by atoms with Gasteiger partial charge in [0.05, 0.1) is 6.61 Å². The van der Waals surface area contributed by atoms with Gasteiger partial charge in [0, 0.05) is 33.5 Å². The van der Waals surface area contributed by atoms with Gasteiger partial charge in [0.25, 0.3) is 0 Å². The second-order valence-corrected chi connectivity index (χ2v) is 8.45. The van der Waals surface area contributed by atoms with E-state index in [1.165, 1.54) is 0 Å². The van der Waals surface area contributed by atoms with Gasteiger partial charge < -0.3 is 13.9 Å². The van der Waals surface area contributed by atoms with E-state index in [1.54, 1.807) is 38.1 Å². The summed E-state index contributed by atoms with van der Waals surface area (Å²) in [4.78, 5) is 23.2. The van der Waals surface area contributed by atoms with Crippen LogP contribution < -0.4 is 4.74 Å². The van der Waals surface area contributed by atoms with Crippen LogP contribution in [0.4, 0.5) is 4.39 Å². The number of ether oxygens (including phenoxy) is 2. The van der Waals surface area contributed by atoms with E-state index in [0.29, 0.717) is 40.9 Å². The zero-order valence-corrected chi connectivity index (χ0v) is 19.7. The van der Waals surface area contributed by atoms with E-state index in [-0.39, 0.29) is 17.1 Å². The maximum absolute atomic E-state index is 15.5. The highest BCUT2D eigenvalue weighted by Crippen LogP contribution is 2.36. The number of furan rings is 1. The second-order valence-electron chi connectivity index (χ2n) is 8.45. The van der Waals surface area contributed by atoms with Crippen molar-refractivity contribution in [2.45, 2.75) is 26.7 Å². The molecule has 0 saturated heterocycles. The van der Waals surface area contributed by atoms with Crippen molar-refractivity contribution in [3.63, 3.8) is 0 Å². The molecule has 1 heterocycles. The molecule has 0 aliphatic carbocycles. The lowest BCUT2D eigenvalue weighted by atomic mass is 10.00. The summed E-state index contributed by atoms with van der Waals surface area (Å²) in [6.07, 6.45) is 1.41. The Labute approximate surface area is 202 Å². The number of hydrogen-bond acceptors (Lipinski definition) is 5. The molecule has 1 aromatic heterocycles. The van der Waals surface area contributed by atoms with Crippen LogP contribution in [0.2, 0.25) is 0 Å². The third-order valence-corrected chi connectivity index (χ3v) is 5.57. The largest absolute Gasteiger partial charge is 0.462 e. The Hall–Kier alpha value is -4.19. The number of halogens is 1. The monoisotopic (exact) mass is 472 g/mol. The molecule has 0 amide bonds. The highest BCUT2D eigenvalue weighted by atomic mass is 19.1. The number of fused-ring (bicyclic) bond motifs is 3. The fourth-order valence-electron chi connectivity index (χ4n) is 3.68. The van der Waals surface area contributed by atoms with Gasteiger partial charge in [-0.3, -0.25) is 0 Å². The van der Waals surface area contributed by atoms with E-state index in [0.717, 1.165) is 22.9 Å². The summed E-state index contributed by atoms with van der Waals surface area (Å²) in [7, 11) is 0. The van der Waals surface area contributed by atoms with Gasteiger partial charge >= 0.3 is 11.9 Å². The van der Waals surface area contributed by atoms with E-state index in [1.807, 2.05) is 30.3 Å². The van der Waals surface area contributed by atoms with Gasteiger partial charge in [-0.1, -0.05) is 43.5 Å². The predicted molar refractivity (Wildman–Crippen MR) is 134 cm³/mol. The Bertz CT molecular complexity index is 1460. The fraction of sp³-hybridized carbons (Fsp3) is 0.172. The maximum atomic E-state index is 15.5. The first-order chi connectivity index (χ1) is 16.7. The summed E-state index contributed by atoms with van der Waals surface area (Å²) in [5.74, 6) is -1.08. The van der Waals surface area contributed by atoms with Crippen molar-refractivity contribution in [2.24, 2.45) is 0 Å². The smallest absolute Gasteiger partial charge is 0.338 e. The van der Waals surface area contributed by atoms with Crippen molar-refractivity contribution in [3.8, 4) is 16.9 Å². The molecule has 0 saturated carbocycles. The summed E-state index contributed by atoms with van der Waals surface area (Å²) in [5.41, 5.74) is 3.43. The molecule has 4 rings (SSSR count). The van der Waals surface area contributed by atoms with Gasteiger partial charge in [-0.2, -0.15) is 0 Å². The summed E-state index contributed by atoms with van der Waals surface area (Å²) in [6, 6.07) is 16.1. The summed E-state index contributed by atoms with van der Waals surface area (Å²) >= 11 is 0. The van der Waals surface area contributed by atoms with Crippen LogP contribution in [0.15, 0.2) is 83.3 Å². The van der Waals surface area contributed by atoms with Crippen molar-refractivity contribution in [2.75, 3.05) is 6.61 Å². The Kier molecular flexibility index (Phi) is 6.82. The van der Waals surface area contributed by atoms with E-state index in [4.69, 9.17) is 13.9 Å². The molecule has 0 radical (unpaired) electrons. The Balaban J connectivity index is 1.53. The van der Waals surface area contributed by atoms with Gasteiger partial charge in [-0.25, -0.2) is 14.0 Å². The minimum atomic E-state index is -0.537. The highest BCUT2D eigenvalue weighted by Gasteiger charge is 2.17. The number of rotatable bonds is 8. The molecule has 6 heteroatoms. The molecule has 0 unspecified atom stereocenters. The van der Waals surface area contributed by atoms with Crippen LogP contribution in [0.1, 0.15) is 25.8 Å². The van der Waals surface area contributed by atoms with E-state index in [2.05, 4.69) is 13.2 Å². The van der Waals surface area contributed by atoms with Crippen LogP contribution in [-0.4, -0.2) is 18.5 Å². The first-order valence-electron chi connectivity index (χ1n) is 11.2. The Morgan fingerprint density at radius 2 is 1.60 bits per heavy atom. The zero-order chi connectivity index (χ0) is 25.1. The lowest BCUT2D eigenvalue weighted by Gasteiger charge is -2.07. The molecule has 0 aliphatic heterocycles. The molecule has 0 bridgehead atoms.